The zero-order valence-electron chi connectivity index (χ0n) is 19.6. The first kappa shape index (κ1) is 22.6. The summed E-state index contributed by atoms with van der Waals surface area (Å²) >= 11 is 1.40. The van der Waals surface area contributed by atoms with E-state index >= 15 is 0 Å². The topological polar surface area (TPSA) is 80.7 Å². The summed E-state index contributed by atoms with van der Waals surface area (Å²) in [5, 5.41) is 1.96. The maximum atomic E-state index is 13.4. The van der Waals surface area contributed by atoms with Gasteiger partial charge in [-0.05, 0) is 24.1 Å². The van der Waals surface area contributed by atoms with Crippen molar-refractivity contribution in [1.29, 1.82) is 0 Å². The van der Waals surface area contributed by atoms with Crippen molar-refractivity contribution in [2.45, 2.75) is 20.1 Å². The van der Waals surface area contributed by atoms with Gasteiger partial charge in [0.15, 0.2) is 5.82 Å². The molecule has 1 aliphatic heterocycles. The van der Waals surface area contributed by atoms with Crippen LogP contribution in [0, 0.1) is 6.92 Å². The summed E-state index contributed by atoms with van der Waals surface area (Å²) in [5.41, 5.74) is 3.14. The van der Waals surface area contributed by atoms with Gasteiger partial charge >= 0.3 is 0 Å². The fourth-order valence-electron chi connectivity index (χ4n) is 4.48. The fraction of sp³-hybridized carbons (Fsp3) is 0.360. The van der Waals surface area contributed by atoms with Crippen LogP contribution in [-0.2, 0) is 17.9 Å². The predicted molar refractivity (Wildman–Crippen MR) is 132 cm³/mol. The Labute approximate surface area is 202 Å². The van der Waals surface area contributed by atoms with Crippen LogP contribution in [0.15, 0.2) is 36.5 Å². The van der Waals surface area contributed by atoms with Crippen LogP contribution in [-0.4, -0.2) is 71.1 Å². The highest BCUT2D eigenvalue weighted by molar-refractivity contribution is 7.20. The molecule has 0 bridgehead atoms. The number of carbonyl (C=O) groups is 1. The number of ether oxygens (including phenoxy) is 2. The number of amides is 1. The molecule has 1 aliphatic rings. The van der Waals surface area contributed by atoms with Crippen LogP contribution in [0.4, 0.5) is 0 Å². The molecule has 0 aliphatic carbocycles. The van der Waals surface area contributed by atoms with Gasteiger partial charge in [-0.25, -0.2) is 4.98 Å². The monoisotopic (exact) mass is 477 g/mol. The Balaban J connectivity index is 1.31. The molecular weight excluding hydrogens is 450 g/mol. The summed E-state index contributed by atoms with van der Waals surface area (Å²) in [6.07, 6.45) is 1.84. The zero-order chi connectivity index (χ0) is 23.7. The number of rotatable bonds is 6. The van der Waals surface area contributed by atoms with E-state index in [4.69, 9.17) is 9.47 Å². The molecule has 1 aromatic carbocycles. The number of aromatic nitrogens is 3. The number of fused-ring (bicyclic) bond motifs is 2. The second kappa shape index (κ2) is 9.61. The molecule has 1 amide bonds. The minimum absolute atomic E-state index is 0.0438. The molecule has 8 nitrogen and oxygen atoms in total. The molecular formula is C25H27N5O3S. The van der Waals surface area contributed by atoms with E-state index in [0.29, 0.717) is 36.3 Å². The fourth-order valence-corrected chi connectivity index (χ4v) is 5.64. The number of thiophene rings is 1. The lowest BCUT2D eigenvalue weighted by molar-refractivity contribution is 0.0633. The molecule has 0 atom stereocenters. The molecule has 9 heteroatoms. The number of hydrogen-bond donors (Lipinski definition) is 0. The lowest BCUT2D eigenvalue weighted by Gasteiger charge is -2.34. The summed E-state index contributed by atoms with van der Waals surface area (Å²) in [6, 6.07) is 10.4. The maximum absolute atomic E-state index is 13.4. The van der Waals surface area contributed by atoms with Gasteiger partial charge in [0.25, 0.3) is 5.91 Å². The second-order valence-electron chi connectivity index (χ2n) is 8.38. The molecule has 0 radical (unpaired) electrons. The van der Waals surface area contributed by atoms with Crippen LogP contribution in [0.25, 0.3) is 21.1 Å². The first-order valence-electron chi connectivity index (χ1n) is 11.3. The lowest BCUT2D eigenvalue weighted by Crippen LogP contribution is -2.48. The van der Waals surface area contributed by atoms with Gasteiger partial charge < -0.3 is 14.4 Å². The molecule has 4 aromatic rings. The molecule has 5 rings (SSSR count). The van der Waals surface area contributed by atoms with Gasteiger partial charge in [0.1, 0.15) is 11.4 Å². The van der Waals surface area contributed by atoms with Gasteiger partial charge in [-0.15, -0.1) is 11.3 Å². The summed E-state index contributed by atoms with van der Waals surface area (Å²) in [5.74, 6) is 1.07. The van der Waals surface area contributed by atoms with Crippen molar-refractivity contribution in [3.63, 3.8) is 0 Å². The quantitative estimate of drug-likeness (QED) is 0.419. The molecule has 0 N–H and O–H groups in total. The van der Waals surface area contributed by atoms with Crippen molar-refractivity contribution in [2.24, 2.45) is 0 Å². The van der Waals surface area contributed by atoms with E-state index in [9.17, 15) is 4.79 Å². The molecule has 3 aromatic heterocycles. The average Bonchev–Trinajstić information content (AvgIpc) is 3.20. The Hall–Kier alpha value is -3.14. The number of methoxy groups -OCH3 is 2. The van der Waals surface area contributed by atoms with E-state index in [1.165, 1.54) is 16.9 Å². The van der Waals surface area contributed by atoms with Gasteiger partial charge in [-0.2, -0.15) is 4.98 Å². The molecule has 34 heavy (non-hydrogen) atoms. The van der Waals surface area contributed by atoms with Crippen molar-refractivity contribution in [1.82, 2.24) is 24.8 Å². The van der Waals surface area contributed by atoms with Crippen molar-refractivity contribution < 1.29 is 14.3 Å². The van der Waals surface area contributed by atoms with Crippen molar-refractivity contribution in [2.75, 3.05) is 40.4 Å². The molecule has 1 saturated heterocycles. The van der Waals surface area contributed by atoms with Gasteiger partial charge in [-0.3, -0.25) is 14.7 Å². The number of carbonyl (C=O) groups excluding carboxylic acids is 1. The number of piperazine rings is 1. The summed E-state index contributed by atoms with van der Waals surface area (Å²) in [7, 11) is 3.19. The molecule has 0 unspecified atom stereocenters. The highest BCUT2D eigenvalue weighted by atomic mass is 32.1. The minimum Gasteiger partial charge on any atom is -0.480 e. The maximum Gasteiger partial charge on any atom is 0.264 e. The van der Waals surface area contributed by atoms with Crippen molar-refractivity contribution in [3.05, 3.63) is 58.4 Å². The average molecular weight is 478 g/mol. The van der Waals surface area contributed by atoms with E-state index in [1.807, 2.05) is 24.1 Å². The van der Waals surface area contributed by atoms with Crippen molar-refractivity contribution >= 4 is 38.4 Å². The lowest BCUT2D eigenvalue weighted by atomic mass is 10.1. The molecule has 0 saturated carbocycles. The molecule has 4 heterocycles. The Bertz CT molecular complexity index is 1340. The third kappa shape index (κ3) is 4.22. The van der Waals surface area contributed by atoms with E-state index < -0.39 is 0 Å². The zero-order valence-corrected chi connectivity index (χ0v) is 20.4. The van der Waals surface area contributed by atoms with Gasteiger partial charge in [0.2, 0.25) is 5.88 Å². The smallest absolute Gasteiger partial charge is 0.264 e. The first-order valence-corrected chi connectivity index (χ1v) is 12.1. The predicted octanol–water partition coefficient (Wildman–Crippen LogP) is 3.66. The van der Waals surface area contributed by atoms with Crippen LogP contribution in [0.1, 0.15) is 26.6 Å². The minimum atomic E-state index is 0.0438. The Morgan fingerprint density at radius 1 is 1.09 bits per heavy atom. The van der Waals surface area contributed by atoms with Crippen LogP contribution < -0.4 is 4.74 Å². The number of para-hydroxylation sites is 1. The summed E-state index contributed by atoms with van der Waals surface area (Å²) in [6.45, 7) is 6.07. The Kier molecular flexibility index (Phi) is 6.40. The normalized spacial score (nSPS) is 14.7. The number of nitrogens with zero attached hydrogens (tertiary/aromatic N) is 5. The van der Waals surface area contributed by atoms with Gasteiger partial charge in [0.05, 0.1) is 22.9 Å². The summed E-state index contributed by atoms with van der Waals surface area (Å²) < 4.78 is 10.7. The number of hydrogen-bond acceptors (Lipinski definition) is 8. The molecule has 0 spiro atoms. The molecule has 176 valence electrons. The summed E-state index contributed by atoms with van der Waals surface area (Å²) in [4.78, 5) is 32.8. The highest BCUT2D eigenvalue weighted by Crippen LogP contribution is 2.36. The van der Waals surface area contributed by atoms with Gasteiger partial charge in [0, 0.05) is 51.4 Å². The standard InChI is InChI=1S/C25H27N5O3S/c1-16-20-23(33-3)27-19(15-32-2)28-24(20)34-22(16)25(31)30-12-10-29(11-13-30)14-18-7-4-6-17-8-5-9-26-21(17)18/h4-9H,10-15H2,1-3H3. The third-order valence-corrected chi connectivity index (χ3v) is 7.41. The second-order valence-corrected chi connectivity index (χ2v) is 9.38. The number of benzene rings is 1. The van der Waals surface area contributed by atoms with Crippen LogP contribution in [0.3, 0.4) is 0 Å². The van der Waals surface area contributed by atoms with Crippen molar-refractivity contribution in [3.8, 4) is 5.88 Å². The number of aryl methyl sites for hydroxylation is 1. The van der Waals surface area contributed by atoms with E-state index in [-0.39, 0.29) is 5.91 Å². The molecule has 1 fully saturated rings. The highest BCUT2D eigenvalue weighted by Gasteiger charge is 2.27. The van der Waals surface area contributed by atoms with Crippen LogP contribution in [0.2, 0.25) is 0 Å². The largest absolute Gasteiger partial charge is 0.480 e. The van der Waals surface area contributed by atoms with E-state index in [1.54, 1.807) is 14.2 Å². The third-order valence-electron chi connectivity index (χ3n) is 6.23. The van der Waals surface area contributed by atoms with Crippen LogP contribution >= 0.6 is 11.3 Å². The van der Waals surface area contributed by atoms with E-state index in [2.05, 4.69) is 44.1 Å². The van der Waals surface area contributed by atoms with Gasteiger partial charge in [-0.1, -0.05) is 24.3 Å². The van der Waals surface area contributed by atoms with Crippen LogP contribution in [0.5, 0.6) is 5.88 Å². The first-order chi connectivity index (χ1) is 16.6. The number of pyridine rings is 1. The SMILES string of the molecule is COCc1nc(OC)c2c(C)c(C(=O)N3CCN(Cc4cccc5cccnc45)CC3)sc2n1. The Morgan fingerprint density at radius 3 is 2.65 bits per heavy atom. The Morgan fingerprint density at radius 2 is 1.88 bits per heavy atom. The van der Waals surface area contributed by atoms with E-state index in [0.717, 1.165) is 46.3 Å².